The fourth-order valence-corrected chi connectivity index (χ4v) is 2.37. The van der Waals surface area contributed by atoms with Crippen LogP contribution in [-0.2, 0) is 9.53 Å². The summed E-state index contributed by atoms with van der Waals surface area (Å²) in [6, 6.07) is 0. The first-order valence-corrected chi connectivity index (χ1v) is 6.41. The van der Waals surface area contributed by atoms with Crippen LogP contribution in [0.4, 0.5) is 0 Å². The van der Waals surface area contributed by atoms with Crippen molar-refractivity contribution in [3.63, 3.8) is 0 Å². The van der Waals surface area contributed by atoms with E-state index in [4.69, 9.17) is 9.84 Å². The summed E-state index contributed by atoms with van der Waals surface area (Å²) in [5.74, 6) is -1.86. The van der Waals surface area contributed by atoms with Gasteiger partial charge in [-0.3, -0.25) is 0 Å². The second-order valence-corrected chi connectivity index (χ2v) is 5.43. The molecular weight excluding hydrogens is 272 g/mol. The van der Waals surface area contributed by atoms with Crippen molar-refractivity contribution in [2.75, 3.05) is 6.61 Å². The van der Waals surface area contributed by atoms with E-state index in [-0.39, 0.29) is 6.42 Å². The number of carboxylic acid groups (broad SMARTS) is 1. The summed E-state index contributed by atoms with van der Waals surface area (Å²) in [7, 11) is 0. The predicted octanol–water partition coefficient (Wildman–Crippen LogP) is -2.31. The number of carboxylic acids is 1. The summed E-state index contributed by atoms with van der Waals surface area (Å²) >= 11 is 0. The lowest BCUT2D eigenvalue weighted by molar-refractivity contribution is -0.263. The van der Waals surface area contributed by atoms with E-state index in [1.54, 1.807) is 13.8 Å². The van der Waals surface area contributed by atoms with E-state index in [9.17, 15) is 30.3 Å². The van der Waals surface area contributed by atoms with Gasteiger partial charge in [0.05, 0.1) is 12.7 Å². The number of hydrogen-bond donors (Lipinski definition) is 6. The molecule has 0 aromatic rings. The van der Waals surface area contributed by atoms with E-state index in [2.05, 4.69) is 0 Å². The molecule has 20 heavy (non-hydrogen) atoms. The predicted molar refractivity (Wildman–Crippen MR) is 65.8 cm³/mol. The zero-order chi connectivity index (χ0) is 15.7. The molecule has 8 nitrogen and oxygen atoms in total. The standard InChI is InChI=1S/C12H22O8/c1-5(2)12(11(18)19)3-6(14)8(16)10(20-12)9(17)7(15)4-13/h5-10,13-17H,3-4H2,1-2H3,(H,18,19)/t6?,7-,8?,9-,10?,12?/m1/s1. The monoisotopic (exact) mass is 294 g/mol. The first-order chi connectivity index (χ1) is 9.17. The number of aliphatic carboxylic acids is 1. The van der Waals surface area contributed by atoms with Crippen LogP contribution in [0.3, 0.4) is 0 Å². The van der Waals surface area contributed by atoms with Crippen LogP contribution < -0.4 is 0 Å². The Hall–Kier alpha value is -0.770. The molecule has 0 saturated carbocycles. The van der Waals surface area contributed by atoms with Crippen molar-refractivity contribution in [1.29, 1.82) is 0 Å². The van der Waals surface area contributed by atoms with Gasteiger partial charge in [0.1, 0.15) is 24.4 Å². The van der Waals surface area contributed by atoms with Gasteiger partial charge in [-0.15, -0.1) is 0 Å². The number of rotatable bonds is 5. The molecule has 6 atom stereocenters. The van der Waals surface area contributed by atoms with Gasteiger partial charge in [0.25, 0.3) is 0 Å². The quantitative estimate of drug-likeness (QED) is 0.331. The minimum Gasteiger partial charge on any atom is -0.479 e. The Labute approximate surface area is 116 Å². The highest BCUT2D eigenvalue weighted by Gasteiger charge is 2.55. The maximum absolute atomic E-state index is 11.5. The summed E-state index contributed by atoms with van der Waals surface area (Å²) < 4.78 is 5.33. The van der Waals surface area contributed by atoms with Crippen molar-refractivity contribution in [3.8, 4) is 0 Å². The lowest BCUT2D eigenvalue weighted by atomic mass is 9.79. The Balaban J connectivity index is 3.09. The second-order valence-electron chi connectivity index (χ2n) is 5.43. The van der Waals surface area contributed by atoms with E-state index in [1.807, 2.05) is 0 Å². The van der Waals surface area contributed by atoms with Crippen LogP contribution in [0.25, 0.3) is 0 Å². The van der Waals surface area contributed by atoms with Crippen molar-refractivity contribution in [2.45, 2.75) is 56.4 Å². The number of carbonyl (C=O) groups is 1. The first-order valence-electron chi connectivity index (χ1n) is 6.41. The third kappa shape index (κ3) is 2.95. The molecule has 1 aliphatic rings. The number of ether oxygens (including phenoxy) is 1. The Bertz CT molecular complexity index is 346. The SMILES string of the molecule is CC(C)C1(C(=O)O)CC(O)C(O)C([C@H](O)[C@H](O)CO)O1. The molecule has 4 unspecified atom stereocenters. The molecule has 1 fully saturated rings. The first kappa shape index (κ1) is 17.3. The molecule has 0 radical (unpaired) electrons. The zero-order valence-electron chi connectivity index (χ0n) is 11.4. The molecule has 8 heteroatoms. The minimum absolute atomic E-state index is 0.334. The van der Waals surface area contributed by atoms with E-state index in [0.29, 0.717) is 0 Å². The lowest BCUT2D eigenvalue weighted by Crippen LogP contribution is -2.64. The molecular formula is C12H22O8. The van der Waals surface area contributed by atoms with Gasteiger partial charge in [-0.25, -0.2) is 4.79 Å². The zero-order valence-corrected chi connectivity index (χ0v) is 11.4. The highest BCUT2D eigenvalue weighted by Crippen LogP contribution is 2.37. The Morgan fingerprint density at radius 3 is 2.30 bits per heavy atom. The molecule has 1 saturated heterocycles. The van der Waals surface area contributed by atoms with Crippen molar-refractivity contribution < 1.29 is 40.2 Å². The summed E-state index contributed by atoms with van der Waals surface area (Å²) in [6.07, 6.45) is -8.16. The van der Waals surface area contributed by atoms with Crippen LogP contribution in [-0.4, -0.2) is 79.3 Å². The van der Waals surface area contributed by atoms with Gasteiger partial charge in [0, 0.05) is 6.42 Å². The normalized spacial score (nSPS) is 37.7. The summed E-state index contributed by atoms with van der Waals surface area (Å²) in [5.41, 5.74) is -1.78. The van der Waals surface area contributed by atoms with Crippen molar-refractivity contribution >= 4 is 5.97 Å². The maximum Gasteiger partial charge on any atom is 0.336 e. The van der Waals surface area contributed by atoms with E-state index in [0.717, 1.165) is 0 Å². The van der Waals surface area contributed by atoms with E-state index < -0.39 is 54.6 Å². The van der Waals surface area contributed by atoms with Gasteiger partial charge in [-0.05, 0) is 5.92 Å². The molecule has 118 valence electrons. The topological polar surface area (TPSA) is 148 Å². The van der Waals surface area contributed by atoms with Crippen LogP contribution in [0.1, 0.15) is 20.3 Å². The van der Waals surface area contributed by atoms with Gasteiger partial charge < -0.3 is 35.4 Å². The summed E-state index contributed by atoms with van der Waals surface area (Å²) in [5, 5.41) is 57.1. The second kappa shape index (κ2) is 6.33. The third-order valence-corrected chi connectivity index (χ3v) is 3.80. The molecule has 0 aromatic carbocycles. The van der Waals surface area contributed by atoms with Crippen LogP contribution in [0.5, 0.6) is 0 Å². The molecule has 1 heterocycles. The highest BCUT2D eigenvalue weighted by atomic mass is 16.6. The van der Waals surface area contributed by atoms with Crippen molar-refractivity contribution in [1.82, 2.24) is 0 Å². The molecule has 0 amide bonds. The highest BCUT2D eigenvalue weighted by molar-refractivity contribution is 5.78. The molecule has 0 aromatic heterocycles. The Morgan fingerprint density at radius 2 is 1.90 bits per heavy atom. The third-order valence-electron chi connectivity index (χ3n) is 3.80. The lowest BCUT2D eigenvalue weighted by Gasteiger charge is -2.47. The van der Waals surface area contributed by atoms with Crippen molar-refractivity contribution in [2.24, 2.45) is 5.92 Å². The van der Waals surface area contributed by atoms with Crippen LogP contribution >= 0.6 is 0 Å². The van der Waals surface area contributed by atoms with E-state index in [1.165, 1.54) is 0 Å². The summed E-state index contributed by atoms with van der Waals surface area (Å²) in [6.45, 7) is 2.36. The Morgan fingerprint density at radius 1 is 1.35 bits per heavy atom. The number of aliphatic hydroxyl groups excluding tert-OH is 5. The fourth-order valence-electron chi connectivity index (χ4n) is 2.37. The minimum atomic E-state index is -1.78. The molecule has 6 N–H and O–H groups in total. The van der Waals surface area contributed by atoms with Crippen LogP contribution in [0.15, 0.2) is 0 Å². The molecule has 0 bridgehead atoms. The maximum atomic E-state index is 11.5. The van der Waals surface area contributed by atoms with Crippen LogP contribution in [0.2, 0.25) is 0 Å². The van der Waals surface area contributed by atoms with Gasteiger partial charge in [-0.2, -0.15) is 0 Å². The molecule has 0 aliphatic carbocycles. The average Bonchev–Trinajstić information content (AvgIpc) is 2.39. The number of aliphatic hydroxyl groups is 5. The van der Waals surface area contributed by atoms with Crippen molar-refractivity contribution in [3.05, 3.63) is 0 Å². The Kier molecular flexibility index (Phi) is 5.47. The molecule has 0 spiro atoms. The van der Waals surface area contributed by atoms with Gasteiger partial charge in [0.2, 0.25) is 0 Å². The smallest absolute Gasteiger partial charge is 0.336 e. The number of hydrogen-bond acceptors (Lipinski definition) is 7. The van der Waals surface area contributed by atoms with Gasteiger partial charge in [0.15, 0.2) is 5.60 Å². The average molecular weight is 294 g/mol. The fraction of sp³-hybridized carbons (Fsp3) is 0.917. The molecule has 1 aliphatic heterocycles. The largest absolute Gasteiger partial charge is 0.479 e. The van der Waals surface area contributed by atoms with Crippen LogP contribution in [0, 0.1) is 5.92 Å². The van der Waals surface area contributed by atoms with Gasteiger partial charge >= 0.3 is 5.97 Å². The van der Waals surface area contributed by atoms with Gasteiger partial charge in [-0.1, -0.05) is 13.8 Å². The van der Waals surface area contributed by atoms with E-state index >= 15 is 0 Å². The summed E-state index contributed by atoms with van der Waals surface area (Å²) in [4.78, 5) is 11.5. The molecule has 1 rings (SSSR count).